The summed E-state index contributed by atoms with van der Waals surface area (Å²) in [5, 5.41) is 0. The molecule has 0 radical (unpaired) electrons. The second kappa shape index (κ2) is 8.19. The van der Waals surface area contributed by atoms with E-state index in [0.29, 0.717) is 6.54 Å². The molecule has 1 aliphatic heterocycles. The van der Waals surface area contributed by atoms with Crippen LogP contribution >= 0.6 is 0 Å². The van der Waals surface area contributed by atoms with Crippen LogP contribution in [0, 0.1) is 17.8 Å². The quantitative estimate of drug-likeness (QED) is 0.856. The van der Waals surface area contributed by atoms with Crippen LogP contribution in [0.5, 0.6) is 0 Å². The molecule has 1 aliphatic rings. The van der Waals surface area contributed by atoms with Crippen LogP contribution in [0.4, 0.5) is 0 Å². The van der Waals surface area contributed by atoms with Crippen molar-refractivity contribution in [3.8, 4) is 11.8 Å². The van der Waals surface area contributed by atoms with E-state index in [9.17, 15) is 0 Å². The number of nitrogens with two attached hydrogens (primary N) is 1. The Balaban J connectivity index is 1.92. The minimum absolute atomic E-state index is 0.421. The maximum absolute atomic E-state index is 5.48. The van der Waals surface area contributed by atoms with E-state index in [4.69, 9.17) is 5.73 Å². The van der Waals surface area contributed by atoms with Crippen molar-refractivity contribution in [2.45, 2.75) is 19.4 Å². The molecule has 0 saturated carbocycles. The molecule has 3 nitrogen and oxygen atoms in total. The minimum Gasteiger partial charge on any atom is -0.320 e. The zero-order valence-corrected chi connectivity index (χ0v) is 13.3. The van der Waals surface area contributed by atoms with Crippen molar-refractivity contribution in [2.75, 3.05) is 40.3 Å². The van der Waals surface area contributed by atoms with Gasteiger partial charge in [-0.1, -0.05) is 30.0 Å². The largest absolute Gasteiger partial charge is 0.320 e. The molecule has 1 fully saturated rings. The van der Waals surface area contributed by atoms with Gasteiger partial charge >= 0.3 is 0 Å². The standard InChI is InChI=1S/C18H27N3/c1-20(2)14-16-9-12-21(13-10-16)15-18-7-4-3-6-17(18)8-5-11-19/h3-4,6-7,16H,9-15,19H2,1-2H3. The smallest absolute Gasteiger partial charge is 0.0555 e. The van der Waals surface area contributed by atoms with Crippen LogP contribution in [0.15, 0.2) is 24.3 Å². The molecule has 0 aliphatic carbocycles. The fraction of sp³-hybridized carbons (Fsp3) is 0.556. The van der Waals surface area contributed by atoms with E-state index in [1.165, 1.54) is 38.0 Å². The van der Waals surface area contributed by atoms with Gasteiger partial charge < -0.3 is 10.6 Å². The number of rotatable bonds is 4. The lowest BCUT2D eigenvalue weighted by Gasteiger charge is -2.33. The second-order valence-corrected chi connectivity index (χ2v) is 6.14. The van der Waals surface area contributed by atoms with Gasteiger partial charge in [-0.25, -0.2) is 0 Å². The molecule has 0 spiro atoms. The van der Waals surface area contributed by atoms with Crippen molar-refractivity contribution in [1.29, 1.82) is 0 Å². The van der Waals surface area contributed by atoms with Crippen LogP contribution in [0.2, 0.25) is 0 Å². The highest BCUT2D eigenvalue weighted by molar-refractivity contribution is 5.41. The maximum atomic E-state index is 5.48. The molecular weight excluding hydrogens is 258 g/mol. The average molecular weight is 285 g/mol. The Morgan fingerprint density at radius 2 is 1.95 bits per heavy atom. The Labute approximate surface area is 129 Å². The highest BCUT2D eigenvalue weighted by Gasteiger charge is 2.20. The van der Waals surface area contributed by atoms with E-state index in [2.05, 4.69) is 53.9 Å². The molecular formula is C18H27N3. The lowest BCUT2D eigenvalue weighted by molar-refractivity contribution is 0.157. The van der Waals surface area contributed by atoms with Crippen molar-refractivity contribution >= 4 is 0 Å². The molecule has 1 aromatic rings. The van der Waals surface area contributed by atoms with Gasteiger partial charge in [0.05, 0.1) is 6.54 Å². The van der Waals surface area contributed by atoms with E-state index in [0.717, 1.165) is 18.0 Å². The molecule has 1 saturated heterocycles. The molecule has 2 N–H and O–H groups in total. The van der Waals surface area contributed by atoms with E-state index in [1.54, 1.807) is 0 Å². The number of hydrogen-bond donors (Lipinski definition) is 1. The Bertz CT molecular complexity index is 491. The van der Waals surface area contributed by atoms with Crippen LogP contribution in [-0.4, -0.2) is 50.1 Å². The summed E-state index contributed by atoms with van der Waals surface area (Å²) in [5.41, 5.74) is 7.92. The minimum atomic E-state index is 0.421. The lowest BCUT2D eigenvalue weighted by atomic mass is 9.95. The van der Waals surface area contributed by atoms with Gasteiger partial charge in [-0.2, -0.15) is 0 Å². The first-order valence-corrected chi connectivity index (χ1v) is 7.83. The molecule has 0 atom stereocenters. The summed E-state index contributed by atoms with van der Waals surface area (Å²) in [5.74, 6) is 7.00. The van der Waals surface area contributed by atoms with Gasteiger partial charge in [-0.05, 0) is 57.6 Å². The van der Waals surface area contributed by atoms with E-state index in [-0.39, 0.29) is 0 Å². The van der Waals surface area contributed by atoms with Crippen molar-refractivity contribution < 1.29 is 0 Å². The predicted molar refractivity (Wildman–Crippen MR) is 88.9 cm³/mol. The predicted octanol–water partition coefficient (Wildman–Crippen LogP) is 1.77. The van der Waals surface area contributed by atoms with Gasteiger partial charge in [0.2, 0.25) is 0 Å². The van der Waals surface area contributed by atoms with Crippen LogP contribution < -0.4 is 5.73 Å². The molecule has 0 aromatic heterocycles. The van der Waals surface area contributed by atoms with Gasteiger partial charge in [0.25, 0.3) is 0 Å². The first-order valence-electron chi connectivity index (χ1n) is 7.83. The fourth-order valence-electron chi connectivity index (χ4n) is 3.01. The normalized spacial score (nSPS) is 16.8. The van der Waals surface area contributed by atoms with Gasteiger partial charge in [0, 0.05) is 18.7 Å². The van der Waals surface area contributed by atoms with E-state index in [1.807, 2.05) is 6.07 Å². The van der Waals surface area contributed by atoms with Gasteiger partial charge in [0.15, 0.2) is 0 Å². The summed E-state index contributed by atoms with van der Waals surface area (Å²) in [6.07, 6.45) is 2.60. The first-order chi connectivity index (χ1) is 10.2. The zero-order valence-electron chi connectivity index (χ0n) is 13.3. The Kier molecular flexibility index (Phi) is 6.25. The van der Waals surface area contributed by atoms with Crippen LogP contribution in [0.25, 0.3) is 0 Å². The molecule has 0 amide bonds. The van der Waals surface area contributed by atoms with Crippen LogP contribution in [0.3, 0.4) is 0 Å². The summed E-state index contributed by atoms with van der Waals surface area (Å²) >= 11 is 0. The number of likely N-dealkylation sites (tertiary alicyclic amines) is 1. The molecule has 0 unspecified atom stereocenters. The average Bonchev–Trinajstić information content (AvgIpc) is 2.48. The van der Waals surface area contributed by atoms with Gasteiger partial charge in [-0.3, -0.25) is 4.90 Å². The summed E-state index contributed by atoms with van der Waals surface area (Å²) in [6.45, 7) is 5.02. The third-order valence-electron chi connectivity index (χ3n) is 4.07. The van der Waals surface area contributed by atoms with E-state index < -0.39 is 0 Å². The Morgan fingerprint density at radius 3 is 2.62 bits per heavy atom. The van der Waals surface area contributed by atoms with E-state index >= 15 is 0 Å². The molecule has 0 bridgehead atoms. The third-order valence-corrected chi connectivity index (χ3v) is 4.07. The van der Waals surface area contributed by atoms with Crippen molar-refractivity contribution in [3.05, 3.63) is 35.4 Å². The SMILES string of the molecule is CN(C)CC1CCN(Cc2ccccc2C#CCN)CC1. The van der Waals surface area contributed by atoms with Crippen LogP contribution in [0.1, 0.15) is 24.0 Å². The van der Waals surface area contributed by atoms with Crippen molar-refractivity contribution in [2.24, 2.45) is 11.7 Å². The summed E-state index contributed by atoms with van der Waals surface area (Å²) in [6, 6.07) is 8.43. The Morgan fingerprint density at radius 1 is 1.24 bits per heavy atom. The monoisotopic (exact) mass is 285 g/mol. The van der Waals surface area contributed by atoms with Crippen molar-refractivity contribution in [1.82, 2.24) is 9.80 Å². The van der Waals surface area contributed by atoms with Gasteiger partial charge in [-0.15, -0.1) is 0 Å². The zero-order chi connectivity index (χ0) is 15.1. The fourth-order valence-corrected chi connectivity index (χ4v) is 3.01. The number of hydrogen-bond acceptors (Lipinski definition) is 3. The summed E-state index contributed by atoms with van der Waals surface area (Å²) in [7, 11) is 4.33. The highest BCUT2D eigenvalue weighted by Crippen LogP contribution is 2.20. The number of benzene rings is 1. The topological polar surface area (TPSA) is 32.5 Å². The van der Waals surface area contributed by atoms with Crippen LogP contribution in [-0.2, 0) is 6.54 Å². The molecule has 21 heavy (non-hydrogen) atoms. The first kappa shape index (κ1) is 16.0. The highest BCUT2D eigenvalue weighted by atomic mass is 15.1. The summed E-state index contributed by atoms with van der Waals surface area (Å²) < 4.78 is 0. The lowest BCUT2D eigenvalue weighted by Crippen LogP contribution is -2.36. The molecule has 114 valence electrons. The number of piperidine rings is 1. The molecule has 1 aromatic carbocycles. The van der Waals surface area contributed by atoms with Gasteiger partial charge in [0.1, 0.15) is 0 Å². The maximum Gasteiger partial charge on any atom is 0.0555 e. The Hall–Kier alpha value is -1.34. The summed E-state index contributed by atoms with van der Waals surface area (Å²) in [4.78, 5) is 4.85. The number of nitrogens with zero attached hydrogens (tertiary/aromatic N) is 2. The second-order valence-electron chi connectivity index (χ2n) is 6.14. The molecule has 1 heterocycles. The molecule has 2 rings (SSSR count). The third kappa shape index (κ3) is 5.17. The van der Waals surface area contributed by atoms with Crippen molar-refractivity contribution in [3.63, 3.8) is 0 Å². The molecule has 3 heteroatoms.